The van der Waals surface area contributed by atoms with Crippen molar-refractivity contribution in [2.75, 3.05) is 13.1 Å². The minimum Gasteiger partial charge on any atom is -0.481 e. The molecule has 1 saturated heterocycles. The molecule has 0 spiro atoms. The van der Waals surface area contributed by atoms with Crippen LogP contribution in [-0.4, -0.2) is 35.0 Å². The lowest BCUT2D eigenvalue weighted by Gasteiger charge is -2.39. The molecule has 2 rings (SSSR count). The number of hydrogen-bond acceptors (Lipinski definition) is 3. The molecule has 1 amide bonds. The predicted molar refractivity (Wildman–Crippen MR) is 73.6 cm³/mol. The van der Waals surface area contributed by atoms with Crippen LogP contribution in [0.1, 0.15) is 48.7 Å². The molecule has 0 radical (unpaired) electrons. The number of carbonyl (C=O) groups excluding carboxylic acids is 1. The maximum absolute atomic E-state index is 12.4. The topological polar surface area (TPSA) is 70.8 Å². The fourth-order valence-corrected chi connectivity index (χ4v) is 3.00. The Morgan fingerprint density at radius 1 is 1.50 bits per heavy atom. The van der Waals surface area contributed by atoms with Crippen LogP contribution in [0.25, 0.3) is 0 Å². The van der Waals surface area contributed by atoms with Crippen LogP contribution in [0.4, 0.5) is 0 Å². The maximum atomic E-state index is 12.4. The molecule has 0 aromatic carbocycles. The number of carboxylic acid groups (broad SMARTS) is 1. The number of aliphatic carboxylic acids is 1. The molecule has 1 N–H and O–H groups in total. The number of furan rings is 1. The first-order valence-electron chi connectivity index (χ1n) is 7.07. The Hall–Kier alpha value is -1.78. The van der Waals surface area contributed by atoms with Crippen molar-refractivity contribution >= 4 is 11.9 Å². The van der Waals surface area contributed by atoms with Gasteiger partial charge in [-0.2, -0.15) is 0 Å². The Labute approximate surface area is 118 Å². The number of carbonyl (C=O) groups is 2. The van der Waals surface area contributed by atoms with E-state index in [1.54, 1.807) is 11.0 Å². The molecule has 1 aliphatic heterocycles. The maximum Gasteiger partial charge on any atom is 0.311 e. The summed E-state index contributed by atoms with van der Waals surface area (Å²) in [5.74, 6) is -0.676. The van der Waals surface area contributed by atoms with Crippen LogP contribution in [-0.2, 0) is 4.79 Å². The Kier molecular flexibility index (Phi) is 4.16. The summed E-state index contributed by atoms with van der Waals surface area (Å²) in [5, 5.41) is 9.54. The van der Waals surface area contributed by atoms with Crippen LogP contribution >= 0.6 is 0 Å². The van der Waals surface area contributed by atoms with Crippen molar-refractivity contribution in [2.45, 2.75) is 39.5 Å². The highest BCUT2D eigenvalue weighted by atomic mass is 16.4. The van der Waals surface area contributed by atoms with E-state index < -0.39 is 11.4 Å². The number of hydrogen-bond donors (Lipinski definition) is 1. The van der Waals surface area contributed by atoms with Gasteiger partial charge in [-0.05, 0) is 32.3 Å². The monoisotopic (exact) mass is 279 g/mol. The van der Waals surface area contributed by atoms with Crippen LogP contribution in [0.2, 0.25) is 0 Å². The number of nitrogens with zero attached hydrogens (tertiary/aromatic N) is 1. The van der Waals surface area contributed by atoms with E-state index in [1.807, 2.05) is 13.8 Å². The molecule has 1 atom stereocenters. The van der Waals surface area contributed by atoms with Gasteiger partial charge in [-0.3, -0.25) is 9.59 Å². The molecule has 1 aromatic heterocycles. The van der Waals surface area contributed by atoms with Crippen molar-refractivity contribution in [3.05, 3.63) is 23.7 Å². The first kappa shape index (κ1) is 14.6. The van der Waals surface area contributed by atoms with Crippen LogP contribution < -0.4 is 0 Å². The van der Waals surface area contributed by atoms with Gasteiger partial charge < -0.3 is 14.4 Å². The summed E-state index contributed by atoms with van der Waals surface area (Å²) in [4.78, 5) is 25.7. The number of aryl methyl sites for hydroxylation is 1. The number of likely N-dealkylation sites (tertiary alicyclic amines) is 1. The molecule has 2 heterocycles. The summed E-state index contributed by atoms with van der Waals surface area (Å²) in [7, 11) is 0. The molecule has 1 fully saturated rings. The lowest BCUT2D eigenvalue weighted by atomic mass is 9.76. The van der Waals surface area contributed by atoms with Gasteiger partial charge >= 0.3 is 5.97 Å². The second-order valence-corrected chi connectivity index (χ2v) is 5.60. The molecule has 5 heteroatoms. The van der Waals surface area contributed by atoms with E-state index in [4.69, 9.17) is 4.42 Å². The number of piperidine rings is 1. The van der Waals surface area contributed by atoms with Gasteiger partial charge in [-0.1, -0.05) is 13.3 Å². The third kappa shape index (κ3) is 2.57. The Bertz CT molecular complexity index is 504. The molecule has 110 valence electrons. The normalized spacial score (nSPS) is 22.8. The molecule has 20 heavy (non-hydrogen) atoms. The second-order valence-electron chi connectivity index (χ2n) is 5.60. The number of rotatable bonds is 4. The van der Waals surface area contributed by atoms with Gasteiger partial charge in [0.1, 0.15) is 0 Å². The van der Waals surface area contributed by atoms with Gasteiger partial charge in [0.05, 0.1) is 11.7 Å². The van der Waals surface area contributed by atoms with Crippen molar-refractivity contribution in [3.8, 4) is 0 Å². The van der Waals surface area contributed by atoms with E-state index in [2.05, 4.69) is 0 Å². The quantitative estimate of drug-likeness (QED) is 0.919. The SMILES string of the molecule is CCCC1(C(=O)O)CCCN(C(=O)c2occc2C)C1. The van der Waals surface area contributed by atoms with Crippen molar-refractivity contribution in [3.63, 3.8) is 0 Å². The molecule has 5 nitrogen and oxygen atoms in total. The molecular weight excluding hydrogens is 258 g/mol. The summed E-state index contributed by atoms with van der Waals surface area (Å²) >= 11 is 0. The van der Waals surface area contributed by atoms with Crippen LogP contribution in [0.5, 0.6) is 0 Å². The minimum atomic E-state index is -0.802. The highest BCUT2D eigenvalue weighted by Crippen LogP contribution is 2.35. The standard InChI is InChI=1S/C15H21NO4/c1-3-6-15(14(18)19)7-4-8-16(10-15)13(17)12-11(2)5-9-20-12/h5,9H,3-4,6-8,10H2,1-2H3,(H,18,19). The average Bonchev–Trinajstić information content (AvgIpc) is 2.84. The Morgan fingerprint density at radius 3 is 2.80 bits per heavy atom. The number of amides is 1. The molecule has 1 aromatic rings. The summed E-state index contributed by atoms with van der Waals surface area (Å²) in [6, 6.07) is 1.74. The molecule has 0 bridgehead atoms. The van der Waals surface area contributed by atoms with E-state index in [0.717, 1.165) is 18.4 Å². The highest BCUT2D eigenvalue weighted by molar-refractivity contribution is 5.93. The summed E-state index contributed by atoms with van der Waals surface area (Å²) in [5.41, 5.74) is -0.0135. The average molecular weight is 279 g/mol. The van der Waals surface area contributed by atoms with Crippen LogP contribution in [0.15, 0.2) is 16.7 Å². The molecule has 0 aliphatic carbocycles. The Morgan fingerprint density at radius 2 is 2.25 bits per heavy atom. The third-order valence-corrected chi connectivity index (χ3v) is 4.10. The zero-order chi connectivity index (χ0) is 14.8. The van der Waals surface area contributed by atoms with Crippen LogP contribution in [0, 0.1) is 12.3 Å². The smallest absolute Gasteiger partial charge is 0.311 e. The zero-order valence-corrected chi connectivity index (χ0v) is 12.0. The van der Waals surface area contributed by atoms with Crippen molar-refractivity contribution in [1.29, 1.82) is 0 Å². The largest absolute Gasteiger partial charge is 0.481 e. The predicted octanol–water partition coefficient (Wildman–Crippen LogP) is 2.70. The van der Waals surface area contributed by atoms with E-state index in [-0.39, 0.29) is 12.5 Å². The third-order valence-electron chi connectivity index (χ3n) is 4.10. The van der Waals surface area contributed by atoms with E-state index in [0.29, 0.717) is 25.1 Å². The van der Waals surface area contributed by atoms with Gasteiger partial charge in [0.25, 0.3) is 5.91 Å². The molecular formula is C15H21NO4. The van der Waals surface area contributed by atoms with E-state index >= 15 is 0 Å². The summed E-state index contributed by atoms with van der Waals surface area (Å²) in [6.45, 7) is 4.66. The van der Waals surface area contributed by atoms with E-state index in [9.17, 15) is 14.7 Å². The van der Waals surface area contributed by atoms with Crippen molar-refractivity contribution < 1.29 is 19.1 Å². The van der Waals surface area contributed by atoms with Gasteiger partial charge in [0, 0.05) is 18.7 Å². The molecule has 0 saturated carbocycles. The lowest BCUT2D eigenvalue weighted by molar-refractivity contribution is -0.152. The first-order valence-corrected chi connectivity index (χ1v) is 7.07. The van der Waals surface area contributed by atoms with Crippen molar-refractivity contribution in [2.24, 2.45) is 5.41 Å². The van der Waals surface area contributed by atoms with Gasteiger partial charge in [0.2, 0.25) is 0 Å². The minimum absolute atomic E-state index is 0.200. The van der Waals surface area contributed by atoms with Crippen LogP contribution in [0.3, 0.4) is 0 Å². The second kappa shape index (κ2) is 5.69. The Balaban J connectivity index is 2.20. The van der Waals surface area contributed by atoms with Gasteiger partial charge in [-0.15, -0.1) is 0 Å². The number of carboxylic acids is 1. The summed E-state index contributed by atoms with van der Waals surface area (Å²) in [6.07, 6.45) is 4.25. The molecule has 1 aliphatic rings. The lowest BCUT2D eigenvalue weighted by Crippen LogP contribution is -2.50. The summed E-state index contributed by atoms with van der Waals surface area (Å²) < 4.78 is 5.23. The molecule has 1 unspecified atom stereocenters. The highest BCUT2D eigenvalue weighted by Gasteiger charge is 2.43. The van der Waals surface area contributed by atoms with Crippen molar-refractivity contribution in [1.82, 2.24) is 4.90 Å². The van der Waals surface area contributed by atoms with E-state index in [1.165, 1.54) is 6.26 Å². The first-order chi connectivity index (χ1) is 9.50. The van der Waals surface area contributed by atoms with Gasteiger partial charge in [-0.25, -0.2) is 0 Å². The fraction of sp³-hybridized carbons (Fsp3) is 0.600. The zero-order valence-electron chi connectivity index (χ0n) is 12.0. The van der Waals surface area contributed by atoms with Gasteiger partial charge in [0.15, 0.2) is 5.76 Å². The fourth-order valence-electron chi connectivity index (χ4n) is 3.00.